The van der Waals surface area contributed by atoms with Gasteiger partial charge in [-0.25, -0.2) is 0 Å². The zero-order chi connectivity index (χ0) is 12.1. The van der Waals surface area contributed by atoms with E-state index in [4.69, 9.17) is 16.3 Å². The third-order valence-corrected chi connectivity index (χ3v) is 3.07. The maximum atomic E-state index is 6.10. The van der Waals surface area contributed by atoms with Gasteiger partial charge in [0.05, 0.1) is 7.11 Å². The van der Waals surface area contributed by atoms with E-state index < -0.39 is 0 Å². The van der Waals surface area contributed by atoms with E-state index in [0.717, 1.165) is 29.3 Å². The molecule has 3 heteroatoms. The van der Waals surface area contributed by atoms with Gasteiger partial charge in [0.15, 0.2) is 0 Å². The maximum Gasteiger partial charge on any atom is 0.125 e. The third-order valence-electron chi connectivity index (χ3n) is 2.86. The molecular weight excluding hydrogens is 222 g/mol. The lowest BCUT2D eigenvalue weighted by Crippen LogP contribution is -2.17. The van der Waals surface area contributed by atoms with Crippen molar-refractivity contribution in [1.82, 2.24) is 5.32 Å². The van der Waals surface area contributed by atoms with Gasteiger partial charge >= 0.3 is 0 Å². The van der Waals surface area contributed by atoms with Crippen molar-refractivity contribution >= 4 is 11.6 Å². The van der Waals surface area contributed by atoms with Crippen LogP contribution in [0.1, 0.15) is 30.4 Å². The van der Waals surface area contributed by atoms with Crippen LogP contribution in [0.5, 0.6) is 5.75 Å². The summed E-state index contributed by atoms with van der Waals surface area (Å²) in [6.07, 6.45) is 1.07. The van der Waals surface area contributed by atoms with E-state index in [1.54, 1.807) is 7.11 Å². The van der Waals surface area contributed by atoms with Crippen LogP contribution in [-0.2, 0) is 0 Å². The number of rotatable bonds is 5. The molecule has 0 fully saturated rings. The smallest absolute Gasteiger partial charge is 0.125 e. The number of hydrogen-bond acceptors (Lipinski definition) is 2. The average molecular weight is 242 g/mol. The minimum atomic E-state index is 0.442. The molecule has 0 heterocycles. The van der Waals surface area contributed by atoms with Gasteiger partial charge in [-0.2, -0.15) is 0 Å². The van der Waals surface area contributed by atoms with Crippen molar-refractivity contribution in [2.24, 2.45) is 0 Å². The topological polar surface area (TPSA) is 21.3 Å². The van der Waals surface area contributed by atoms with Gasteiger partial charge in [0.25, 0.3) is 0 Å². The number of likely N-dealkylation sites (N-methyl/N-ethyl adjacent to an activating group) is 1. The van der Waals surface area contributed by atoms with Crippen LogP contribution in [0.2, 0.25) is 5.02 Å². The van der Waals surface area contributed by atoms with Crippen LogP contribution < -0.4 is 10.1 Å². The van der Waals surface area contributed by atoms with Crippen LogP contribution >= 0.6 is 11.6 Å². The number of hydrogen-bond donors (Lipinski definition) is 1. The fourth-order valence-corrected chi connectivity index (χ4v) is 2.34. The van der Waals surface area contributed by atoms with Crippen molar-refractivity contribution in [1.29, 1.82) is 0 Å². The Morgan fingerprint density at radius 2 is 2.12 bits per heavy atom. The highest BCUT2D eigenvalue weighted by atomic mass is 35.5. The first kappa shape index (κ1) is 13.3. The number of benzene rings is 1. The van der Waals surface area contributed by atoms with Crippen molar-refractivity contribution < 1.29 is 4.74 Å². The van der Waals surface area contributed by atoms with Crippen molar-refractivity contribution in [3.8, 4) is 5.75 Å². The Labute approximate surface area is 103 Å². The van der Waals surface area contributed by atoms with Crippen LogP contribution in [0, 0.1) is 6.92 Å². The van der Waals surface area contributed by atoms with Crippen LogP contribution in [0.15, 0.2) is 12.1 Å². The van der Waals surface area contributed by atoms with Gasteiger partial charge in [-0.1, -0.05) is 18.5 Å². The van der Waals surface area contributed by atoms with Crippen LogP contribution in [0.4, 0.5) is 0 Å². The van der Waals surface area contributed by atoms with Gasteiger partial charge in [-0.15, -0.1) is 0 Å². The predicted molar refractivity (Wildman–Crippen MR) is 69.7 cm³/mol. The summed E-state index contributed by atoms with van der Waals surface area (Å²) in [4.78, 5) is 0. The number of ether oxygens (including phenoxy) is 1. The van der Waals surface area contributed by atoms with E-state index in [-0.39, 0.29) is 0 Å². The molecule has 2 nitrogen and oxygen atoms in total. The second-order valence-corrected chi connectivity index (χ2v) is 4.44. The zero-order valence-corrected chi connectivity index (χ0v) is 11.2. The van der Waals surface area contributed by atoms with Gasteiger partial charge in [-0.3, -0.25) is 0 Å². The van der Waals surface area contributed by atoms with Crippen LogP contribution in [0.3, 0.4) is 0 Å². The Balaban J connectivity index is 3.17. The quantitative estimate of drug-likeness (QED) is 0.854. The first-order valence-corrected chi connectivity index (χ1v) is 6.00. The highest BCUT2D eigenvalue weighted by Crippen LogP contribution is 2.34. The van der Waals surface area contributed by atoms with Crippen molar-refractivity contribution in [2.75, 3.05) is 20.7 Å². The van der Waals surface area contributed by atoms with E-state index in [2.05, 4.69) is 12.2 Å². The van der Waals surface area contributed by atoms with E-state index in [1.807, 2.05) is 26.1 Å². The average Bonchev–Trinajstić information content (AvgIpc) is 2.25. The highest BCUT2D eigenvalue weighted by molar-refractivity contribution is 6.30. The first-order chi connectivity index (χ1) is 7.63. The Hall–Kier alpha value is -0.730. The molecule has 1 aromatic rings. The van der Waals surface area contributed by atoms with Gasteiger partial charge < -0.3 is 10.1 Å². The lowest BCUT2D eigenvalue weighted by molar-refractivity contribution is 0.400. The monoisotopic (exact) mass is 241 g/mol. The van der Waals surface area contributed by atoms with Gasteiger partial charge in [-0.05, 0) is 44.0 Å². The molecule has 1 atom stereocenters. The molecule has 0 amide bonds. The molecule has 0 aliphatic heterocycles. The summed E-state index contributed by atoms with van der Waals surface area (Å²) in [5.74, 6) is 1.41. The first-order valence-electron chi connectivity index (χ1n) is 5.62. The molecule has 0 spiro atoms. The normalized spacial score (nSPS) is 12.6. The van der Waals surface area contributed by atoms with Gasteiger partial charge in [0, 0.05) is 17.1 Å². The molecule has 1 rings (SSSR count). The van der Waals surface area contributed by atoms with Crippen LogP contribution in [0.25, 0.3) is 0 Å². The molecule has 90 valence electrons. The van der Waals surface area contributed by atoms with E-state index >= 15 is 0 Å². The molecule has 0 bridgehead atoms. The molecule has 0 aliphatic carbocycles. The standard InChI is InChI=1S/C13H20ClNO/c1-5-10(8-15-3)12-7-11(14)6-9(2)13(12)16-4/h6-7,10,15H,5,8H2,1-4H3. The summed E-state index contributed by atoms with van der Waals surface area (Å²) in [5, 5.41) is 3.99. The molecule has 0 saturated heterocycles. The number of halogens is 1. The lowest BCUT2D eigenvalue weighted by Gasteiger charge is -2.20. The fraction of sp³-hybridized carbons (Fsp3) is 0.538. The molecule has 1 unspecified atom stereocenters. The Morgan fingerprint density at radius 1 is 1.44 bits per heavy atom. The van der Waals surface area contributed by atoms with E-state index in [9.17, 15) is 0 Å². The number of aryl methyl sites for hydroxylation is 1. The number of methoxy groups -OCH3 is 1. The molecule has 1 aromatic carbocycles. The minimum Gasteiger partial charge on any atom is -0.496 e. The maximum absolute atomic E-state index is 6.10. The fourth-order valence-electron chi connectivity index (χ4n) is 2.06. The molecule has 0 aromatic heterocycles. The van der Waals surface area contributed by atoms with Crippen molar-refractivity contribution in [3.63, 3.8) is 0 Å². The summed E-state index contributed by atoms with van der Waals surface area (Å²) >= 11 is 6.10. The summed E-state index contributed by atoms with van der Waals surface area (Å²) < 4.78 is 5.47. The molecule has 0 aliphatic rings. The largest absolute Gasteiger partial charge is 0.496 e. The van der Waals surface area contributed by atoms with Gasteiger partial charge in [0.1, 0.15) is 5.75 Å². The molecule has 16 heavy (non-hydrogen) atoms. The predicted octanol–water partition coefficient (Wildman–Crippen LogP) is 3.37. The lowest BCUT2D eigenvalue weighted by atomic mass is 9.94. The Bertz CT molecular complexity index is 352. The number of nitrogens with one attached hydrogen (secondary N) is 1. The second kappa shape index (κ2) is 6.12. The zero-order valence-electron chi connectivity index (χ0n) is 10.4. The SMILES string of the molecule is CCC(CNC)c1cc(Cl)cc(C)c1OC. The minimum absolute atomic E-state index is 0.442. The van der Waals surface area contributed by atoms with Gasteiger partial charge in [0.2, 0.25) is 0 Å². The Morgan fingerprint density at radius 3 is 2.62 bits per heavy atom. The van der Waals surface area contributed by atoms with Crippen LogP contribution in [-0.4, -0.2) is 20.7 Å². The molecule has 0 radical (unpaired) electrons. The Kier molecular flexibility index (Phi) is 5.10. The van der Waals surface area contributed by atoms with E-state index in [0.29, 0.717) is 5.92 Å². The molecule has 1 N–H and O–H groups in total. The highest BCUT2D eigenvalue weighted by Gasteiger charge is 2.16. The summed E-state index contributed by atoms with van der Waals surface area (Å²) in [7, 11) is 3.68. The van der Waals surface area contributed by atoms with Crippen molar-refractivity contribution in [2.45, 2.75) is 26.2 Å². The summed E-state index contributed by atoms with van der Waals surface area (Å²) in [6, 6.07) is 3.95. The molecular formula is C13H20ClNO. The molecule has 0 saturated carbocycles. The second-order valence-electron chi connectivity index (χ2n) is 4.01. The summed E-state index contributed by atoms with van der Waals surface area (Å²) in [6.45, 7) is 5.14. The van der Waals surface area contributed by atoms with E-state index in [1.165, 1.54) is 5.56 Å². The van der Waals surface area contributed by atoms with Crippen molar-refractivity contribution in [3.05, 3.63) is 28.3 Å². The summed E-state index contributed by atoms with van der Waals surface area (Å²) in [5.41, 5.74) is 2.30. The third kappa shape index (κ3) is 2.89.